The summed E-state index contributed by atoms with van der Waals surface area (Å²) in [6.45, 7) is 0.455. The fourth-order valence-electron chi connectivity index (χ4n) is 2.69. The molecule has 2 N–H and O–H groups in total. The number of nitrogens with one attached hydrogen (secondary N) is 2. The Kier molecular flexibility index (Phi) is 4.94. The van der Waals surface area contributed by atoms with Crippen LogP contribution in [0.4, 0.5) is 5.69 Å². The second-order valence-electron chi connectivity index (χ2n) is 5.95. The number of sulfone groups is 1. The van der Waals surface area contributed by atoms with E-state index in [9.17, 15) is 18.0 Å². The van der Waals surface area contributed by atoms with E-state index in [1.807, 2.05) is 24.3 Å². The van der Waals surface area contributed by atoms with Crippen LogP contribution in [0.25, 0.3) is 0 Å². The van der Waals surface area contributed by atoms with Gasteiger partial charge in [-0.2, -0.15) is 0 Å². The van der Waals surface area contributed by atoms with E-state index in [1.54, 1.807) is 0 Å². The smallest absolute Gasteiger partial charge is 0.313 e. The number of fused-ring (bicyclic) bond motifs is 1. The lowest BCUT2D eigenvalue weighted by Gasteiger charge is -2.26. The molecule has 2 amide bonds. The average Bonchev–Trinajstić information content (AvgIpc) is 2.61. The summed E-state index contributed by atoms with van der Waals surface area (Å²) in [5, 5.41) is 5.16. The quantitative estimate of drug-likeness (QED) is 0.796. The summed E-state index contributed by atoms with van der Waals surface area (Å²) < 4.78 is 28.4. The van der Waals surface area contributed by atoms with Gasteiger partial charge in [-0.3, -0.25) is 9.59 Å². The Bertz CT molecular complexity index is 938. The van der Waals surface area contributed by atoms with Crippen LogP contribution in [0.5, 0.6) is 5.75 Å². The fourth-order valence-corrected chi connectivity index (χ4v) is 3.32. The molecule has 0 saturated carbocycles. The first kappa shape index (κ1) is 17.9. The number of benzene rings is 2. The van der Waals surface area contributed by atoms with E-state index < -0.39 is 21.7 Å². The minimum Gasteiger partial charge on any atom is -0.493 e. The summed E-state index contributed by atoms with van der Waals surface area (Å²) >= 11 is 0. The molecule has 1 heterocycles. The molecule has 1 aliphatic heterocycles. The van der Waals surface area contributed by atoms with Gasteiger partial charge in [0, 0.05) is 23.9 Å². The van der Waals surface area contributed by atoms with Crippen molar-refractivity contribution in [1.29, 1.82) is 0 Å². The Morgan fingerprint density at radius 2 is 1.73 bits per heavy atom. The zero-order valence-corrected chi connectivity index (χ0v) is 14.9. The van der Waals surface area contributed by atoms with Crippen LogP contribution in [0.1, 0.15) is 18.0 Å². The molecule has 0 unspecified atom stereocenters. The molecule has 0 saturated heterocycles. The zero-order chi connectivity index (χ0) is 18.7. The standard InChI is InChI=1S/C18H18N2O5S/c1-26(23,24)13-8-6-12(7-9-13)19-17(21)18(22)20-15-10-11-25-16-5-3-2-4-14(15)16/h2-9,15H,10-11H2,1H3,(H,19,21)(H,20,22)/t15-/m0/s1. The SMILES string of the molecule is CS(=O)(=O)c1ccc(NC(=O)C(=O)N[C@H]2CCOc3ccccc32)cc1. The topological polar surface area (TPSA) is 102 Å². The van der Waals surface area contributed by atoms with Gasteiger partial charge in [-0.15, -0.1) is 0 Å². The minimum absolute atomic E-state index is 0.138. The predicted octanol–water partition coefficient (Wildman–Crippen LogP) is 1.67. The normalized spacial score (nSPS) is 16.1. The van der Waals surface area contributed by atoms with Crippen LogP contribution in [-0.4, -0.2) is 33.1 Å². The number of para-hydroxylation sites is 1. The average molecular weight is 374 g/mol. The fraction of sp³-hybridized carbons (Fsp3) is 0.222. The van der Waals surface area contributed by atoms with Gasteiger partial charge in [0.1, 0.15) is 5.75 Å². The molecular formula is C18H18N2O5S. The maximum absolute atomic E-state index is 12.2. The van der Waals surface area contributed by atoms with E-state index >= 15 is 0 Å². The molecule has 136 valence electrons. The Hall–Kier alpha value is -2.87. The van der Waals surface area contributed by atoms with Gasteiger partial charge in [-0.1, -0.05) is 18.2 Å². The molecule has 2 aromatic carbocycles. The molecule has 3 rings (SSSR count). The molecule has 0 bridgehead atoms. The van der Waals surface area contributed by atoms with Crippen molar-refractivity contribution in [3.8, 4) is 5.75 Å². The van der Waals surface area contributed by atoms with E-state index in [1.165, 1.54) is 24.3 Å². The van der Waals surface area contributed by atoms with Gasteiger partial charge in [0.25, 0.3) is 0 Å². The first-order valence-electron chi connectivity index (χ1n) is 7.98. The molecule has 1 atom stereocenters. The summed E-state index contributed by atoms with van der Waals surface area (Å²) in [7, 11) is -3.32. The molecule has 0 spiro atoms. The van der Waals surface area contributed by atoms with Gasteiger partial charge in [-0.05, 0) is 30.3 Å². The van der Waals surface area contributed by atoms with Crippen LogP contribution in [0.3, 0.4) is 0 Å². The van der Waals surface area contributed by atoms with E-state index in [0.29, 0.717) is 24.5 Å². The number of anilines is 1. The van der Waals surface area contributed by atoms with Gasteiger partial charge in [0.2, 0.25) is 0 Å². The summed E-state index contributed by atoms with van der Waals surface area (Å²) in [6, 6.07) is 12.7. The van der Waals surface area contributed by atoms with Crippen molar-refractivity contribution in [2.24, 2.45) is 0 Å². The first-order chi connectivity index (χ1) is 12.3. The van der Waals surface area contributed by atoms with E-state index in [4.69, 9.17) is 4.74 Å². The number of hydrogen-bond donors (Lipinski definition) is 2. The lowest BCUT2D eigenvalue weighted by atomic mass is 10.0. The summed E-state index contributed by atoms with van der Waals surface area (Å²) in [5.74, 6) is -0.888. The number of carbonyl (C=O) groups is 2. The number of ether oxygens (including phenoxy) is 1. The highest BCUT2D eigenvalue weighted by molar-refractivity contribution is 7.90. The van der Waals surface area contributed by atoms with Crippen molar-refractivity contribution >= 4 is 27.3 Å². The molecule has 0 aliphatic carbocycles. The van der Waals surface area contributed by atoms with Crippen molar-refractivity contribution in [2.75, 3.05) is 18.2 Å². The second-order valence-corrected chi connectivity index (χ2v) is 7.97. The lowest BCUT2D eigenvalue weighted by Crippen LogP contribution is -2.39. The highest BCUT2D eigenvalue weighted by atomic mass is 32.2. The van der Waals surface area contributed by atoms with Crippen LogP contribution >= 0.6 is 0 Å². The molecule has 7 nitrogen and oxygen atoms in total. The van der Waals surface area contributed by atoms with Crippen molar-refractivity contribution in [3.05, 3.63) is 54.1 Å². The van der Waals surface area contributed by atoms with Crippen LogP contribution in [-0.2, 0) is 19.4 Å². The van der Waals surface area contributed by atoms with Crippen LogP contribution in [0, 0.1) is 0 Å². The van der Waals surface area contributed by atoms with Crippen molar-refractivity contribution in [2.45, 2.75) is 17.4 Å². The lowest BCUT2D eigenvalue weighted by molar-refractivity contribution is -0.136. The zero-order valence-electron chi connectivity index (χ0n) is 14.1. The van der Waals surface area contributed by atoms with Gasteiger partial charge in [0.15, 0.2) is 9.84 Å². The number of carbonyl (C=O) groups excluding carboxylic acids is 2. The van der Waals surface area contributed by atoms with Gasteiger partial charge < -0.3 is 15.4 Å². The third-order valence-corrected chi connectivity index (χ3v) is 5.14. The van der Waals surface area contributed by atoms with Crippen molar-refractivity contribution in [1.82, 2.24) is 5.32 Å². The van der Waals surface area contributed by atoms with Gasteiger partial charge >= 0.3 is 11.8 Å². The van der Waals surface area contributed by atoms with Crippen LogP contribution < -0.4 is 15.4 Å². The highest BCUT2D eigenvalue weighted by Crippen LogP contribution is 2.31. The Morgan fingerprint density at radius 1 is 1.04 bits per heavy atom. The summed E-state index contributed by atoms with van der Waals surface area (Å²) in [4.78, 5) is 24.4. The predicted molar refractivity (Wildman–Crippen MR) is 95.6 cm³/mol. The monoisotopic (exact) mass is 374 g/mol. The number of amides is 2. The first-order valence-corrected chi connectivity index (χ1v) is 9.87. The molecular weight excluding hydrogens is 356 g/mol. The van der Waals surface area contributed by atoms with Crippen LogP contribution in [0.2, 0.25) is 0 Å². The second kappa shape index (κ2) is 7.17. The van der Waals surface area contributed by atoms with Crippen molar-refractivity contribution < 1.29 is 22.7 Å². The number of hydrogen-bond acceptors (Lipinski definition) is 5. The molecule has 1 aliphatic rings. The third-order valence-electron chi connectivity index (χ3n) is 4.01. The Morgan fingerprint density at radius 3 is 2.42 bits per heavy atom. The maximum atomic E-state index is 12.2. The molecule has 0 aromatic heterocycles. The summed E-state index contributed by atoms with van der Waals surface area (Å²) in [5.41, 5.74) is 1.17. The Labute approximate surface area is 151 Å². The highest BCUT2D eigenvalue weighted by Gasteiger charge is 2.25. The molecule has 0 fully saturated rings. The largest absolute Gasteiger partial charge is 0.493 e. The number of rotatable bonds is 3. The van der Waals surface area contributed by atoms with Crippen LogP contribution in [0.15, 0.2) is 53.4 Å². The molecule has 26 heavy (non-hydrogen) atoms. The summed E-state index contributed by atoms with van der Waals surface area (Å²) in [6.07, 6.45) is 1.67. The van der Waals surface area contributed by atoms with Gasteiger partial charge in [-0.25, -0.2) is 8.42 Å². The maximum Gasteiger partial charge on any atom is 0.313 e. The molecule has 2 aromatic rings. The minimum atomic E-state index is -3.32. The van der Waals surface area contributed by atoms with E-state index in [2.05, 4.69) is 10.6 Å². The molecule has 8 heteroatoms. The Balaban J connectivity index is 1.65. The van der Waals surface area contributed by atoms with E-state index in [-0.39, 0.29) is 10.9 Å². The third kappa shape index (κ3) is 4.02. The van der Waals surface area contributed by atoms with Gasteiger partial charge in [0.05, 0.1) is 17.5 Å². The molecule has 0 radical (unpaired) electrons. The van der Waals surface area contributed by atoms with Crippen molar-refractivity contribution in [3.63, 3.8) is 0 Å². The van der Waals surface area contributed by atoms with E-state index in [0.717, 1.165) is 11.8 Å².